The second-order valence-electron chi connectivity index (χ2n) is 6.47. The molecule has 1 aromatic heterocycles. The number of aromatic nitrogens is 2. The third-order valence-electron chi connectivity index (χ3n) is 4.41. The number of hydrogen-bond donors (Lipinski definition) is 2. The first-order valence-corrected chi connectivity index (χ1v) is 8.92. The van der Waals surface area contributed by atoms with Gasteiger partial charge in [0, 0.05) is 43.1 Å². The van der Waals surface area contributed by atoms with Crippen LogP contribution in [0.4, 0.5) is 21.8 Å². The first-order valence-electron chi connectivity index (χ1n) is 8.92. The lowest BCUT2D eigenvalue weighted by molar-refractivity contribution is 0.497. The summed E-state index contributed by atoms with van der Waals surface area (Å²) in [6, 6.07) is 8.57. The first kappa shape index (κ1) is 18.1. The van der Waals surface area contributed by atoms with Crippen molar-refractivity contribution in [2.24, 2.45) is 0 Å². The molecular weight excluding hydrogens is 331 g/mol. The molecule has 1 aromatic carbocycles. The average Bonchev–Trinajstić information content (AvgIpc) is 2.64. The largest absolute Gasteiger partial charge is 0.351 e. The minimum atomic E-state index is -0.533. The van der Waals surface area contributed by atoms with Crippen LogP contribution in [0.3, 0.4) is 0 Å². The fraction of sp³-hybridized carbons (Fsp3) is 0.421. The molecule has 0 bridgehead atoms. The highest BCUT2D eigenvalue weighted by Gasteiger charge is 2.20. The van der Waals surface area contributed by atoms with E-state index in [1.54, 1.807) is 6.07 Å². The molecule has 1 aliphatic rings. The zero-order valence-electron chi connectivity index (χ0n) is 15.1. The Morgan fingerprint density at radius 1 is 1.38 bits per heavy atom. The predicted molar refractivity (Wildman–Crippen MR) is 100 cm³/mol. The maximum absolute atomic E-state index is 13.5. The molecule has 0 spiro atoms. The van der Waals surface area contributed by atoms with E-state index in [-0.39, 0.29) is 5.56 Å². The molecule has 3 rings (SSSR count). The molecule has 0 amide bonds. The normalized spacial score (nSPS) is 17.0. The van der Waals surface area contributed by atoms with Gasteiger partial charge in [-0.15, -0.1) is 0 Å². The fourth-order valence-electron chi connectivity index (χ4n) is 3.07. The molecule has 0 radical (unpaired) electrons. The smallest absolute Gasteiger partial charge is 0.229 e. The Hall–Kier alpha value is -2.72. The van der Waals surface area contributed by atoms with Crippen molar-refractivity contribution in [3.8, 4) is 6.07 Å². The van der Waals surface area contributed by atoms with Crippen molar-refractivity contribution >= 4 is 17.5 Å². The summed E-state index contributed by atoms with van der Waals surface area (Å²) in [6.07, 6.45) is 1.85. The van der Waals surface area contributed by atoms with Gasteiger partial charge in [0.1, 0.15) is 17.7 Å². The molecule has 1 saturated heterocycles. The molecule has 2 heterocycles. The Morgan fingerprint density at radius 2 is 2.23 bits per heavy atom. The monoisotopic (exact) mass is 354 g/mol. The molecule has 1 fully saturated rings. The van der Waals surface area contributed by atoms with E-state index in [9.17, 15) is 4.39 Å². The molecule has 2 N–H and O–H groups in total. The van der Waals surface area contributed by atoms with Gasteiger partial charge in [-0.05, 0) is 31.5 Å². The molecule has 26 heavy (non-hydrogen) atoms. The number of rotatable bonds is 5. The summed E-state index contributed by atoms with van der Waals surface area (Å²) in [6.45, 7) is 7.00. The van der Waals surface area contributed by atoms with Gasteiger partial charge < -0.3 is 15.5 Å². The lowest BCUT2D eigenvalue weighted by atomic mass is 10.2. The van der Waals surface area contributed by atoms with E-state index in [0.717, 1.165) is 44.0 Å². The van der Waals surface area contributed by atoms with Crippen molar-refractivity contribution in [1.29, 1.82) is 5.26 Å². The lowest BCUT2D eigenvalue weighted by Crippen LogP contribution is -2.50. The van der Waals surface area contributed by atoms with Crippen LogP contribution in [0.25, 0.3) is 0 Å². The number of piperazine rings is 1. The minimum Gasteiger partial charge on any atom is -0.351 e. The maximum Gasteiger partial charge on any atom is 0.229 e. The summed E-state index contributed by atoms with van der Waals surface area (Å²) in [5.74, 6) is 0.823. The zero-order valence-corrected chi connectivity index (χ0v) is 15.1. The second-order valence-corrected chi connectivity index (χ2v) is 6.47. The fourth-order valence-corrected chi connectivity index (χ4v) is 3.07. The van der Waals surface area contributed by atoms with Crippen molar-refractivity contribution in [1.82, 2.24) is 15.3 Å². The van der Waals surface area contributed by atoms with Gasteiger partial charge in [-0.1, -0.05) is 13.3 Å². The Balaban J connectivity index is 1.92. The van der Waals surface area contributed by atoms with Crippen LogP contribution < -0.4 is 15.5 Å². The number of anilines is 3. The van der Waals surface area contributed by atoms with Crippen LogP contribution in [-0.2, 0) is 6.42 Å². The number of aryl methyl sites for hydroxylation is 1. The number of benzene rings is 1. The van der Waals surface area contributed by atoms with Gasteiger partial charge in [-0.2, -0.15) is 10.2 Å². The Kier molecular flexibility index (Phi) is 5.64. The number of hydrogen-bond acceptors (Lipinski definition) is 6. The Bertz CT molecular complexity index is 816. The van der Waals surface area contributed by atoms with Gasteiger partial charge >= 0.3 is 0 Å². The molecule has 2 aromatic rings. The van der Waals surface area contributed by atoms with Crippen LogP contribution in [0.1, 0.15) is 31.5 Å². The SMILES string of the molecule is CCCc1cc(N2CCNCC2C)nc(Nc2ccc(F)c(C#N)c2)n1. The van der Waals surface area contributed by atoms with E-state index in [1.165, 1.54) is 12.1 Å². The molecule has 6 nitrogen and oxygen atoms in total. The summed E-state index contributed by atoms with van der Waals surface area (Å²) in [5, 5.41) is 15.5. The van der Waals surface area contributed by atoms with Gasteiger partial charge in [-0.25, -0.2) is 9.37 Å². The van der Waals surface area contributed by atoms with Crippen LogP contribution >= 0.6 is 0 Å². The average molecular weight is 354 g/mol. The van der Waals surface area contributed by atoms with Crippen LogP contribution in [0.2, 0.25) is 0 Å². The van der Waals surface area contributed by atoms with Gasteiger partial charge in [0.05, 0.1) is 5.56 Å². The predicted octanol–water partition coefficient (Wildman–Crippen LogP) is 2.98. The van der Waals surface area contributed by atoms with E-state index < -0.39 is 5.82 Å². The van der Waals surface area contributed by atoms with Gasteiger partial charge in [-0.3, -0.25) is 0 Å². The molecule has 0 saturated carbocycles. The summed E-state index contributed by atoms with van der Waals surface area (Å²) in [5.41, 5.74) is 1.56. The van der Waals surface area contributed by atoms with Crippen LogP contribution in [0.15, 0.2) is 24.3 Å². The molecule has 7 heteroatoms. The summed E-state index contributed by atoms with van der Waals surface area (Å²) >= 11 is 0. The number of nitrogens with zero attached hydrogens (tertiary/aromatic N) is 4. The van der Waals surface area contributed by atoms with E-state index in [0.29, 0.717) is 17.7 Å². The van der Waals surface area contributed by atoms with Gasteiger partial charge in [0.15, 0.2) is 0 Å². The molecular formula is C19H23FN6. The van der Waals surface area contributed by atoms with Gasteiger partial charge in [0.2, 0.25) is 5.95 Å². The van der Waals surface area contributed by atoms with Gasteiger partial charge in [0.25, 0.3) is 0 Å². The van der Waals surface area contributed by atoms with Crippen LogP contribution in [0.5, 0.6) is 0 Å². The molecule has 1 unspecified atom stereocenters. The van der Waals surface area contributed by atoms with Crippen molar-refractivity contribution in [3.05, 3.63) is 41.3 Å². The Morgan fingerprint density at radius 3 is 2.96 bits per heavy atom. The summed E-state index contributed by atoms with van der Waals surface area (Å²) < 4.78 is 13.5. The van der Waals surface area contributed by atoms with E-state index in [2.05, 4.69) is 39.3 Å². The summed E-state index contributed by atoms with van der Waals surface area (Å²) in [7, 11) is 0. The first-order chi connectivity index (χ1) is 12.6. The molecule has 1 aliphatic heterocycles. The van der Waals surface area contributed by atoms with Crippen molar-refractivity contribution in [2.75, 3.05) is 29.9 Å². The quantitative estimate of drug-likeness (QED) is 0.860. The molecule has 1 atom stereocenters. The van der Waals surface area contributed by atoms with Crippen molar-refractivity contribution in [2.45, 2.75) is 32.7 Å². The number of halogens is 1. The molecule has 0 aliphatic carbocycles. The maximum atomic E-state index is 13.5. The Labute approximate surface area is 153 Å². The van der Waals surface area contributed by atoms with E-state index >= 15 is 0 Å². The third-order valence-corrected chi connectivity index (χ3v) is 4.41. The van der Waals surface area contributed by atoms with E-state index in [4.69, 9.17) is 5.26 Å². The number of nitrogens with one attached hydrogen (secondary N) is 2. The zero-order chi connectivity index (χ0) is 18.5. The third kappa shape index (κ3) is 4.09. The lowest BCUT2D eigenvalue weighted by Gasteiger charge is -2.35. The molecule has 136 valence electrons. The minimum absolute atomic E-state index is 0.00402. The standard InChI is InChI=1S/C19H23FN6/c1-3-4-15-10-18(26-8-7-22-12-13(26)2)25-19(23-15)24-16-5-6-17(20)14(9-16)11-21/h5-6,9-10,13,22H,3-4,7-8,12H2,1-2H3,(H,23,24,25). The van der Waals surface area contributed by atoms with Crippen molar-refractivity contribution in [3.63, 3.8) is 0 Å². The topological polar surface area (TPSA) is 76.9 Å². The van der Waals surface area contributed by atoms with Crippen molar-refractivity contribution < 1.29 is 4.39 Å². The second kappa shape index (κ2) is 8.11. The number of nitriles is 1. The van der Waals surface area contributed by atoms with E-state index in [1.807, 2.05) is 12.1 Å². The highest BCUT2D eigenvalue weighted by Crippen LogP contribution is 2.22. The highest BCUT2D eigenvalue weighted by molar-refractivity contribution is 5.58. The van der Waals surface area contributed by atoms with Crippen LogP contribution in [-0.4, -0.2) is 35.6 Å². The van der Waals surface area contributed by atoms with Crippen LogP contribution in [0, 0.1) is 17.1 Å². The summed E-state index contributed by atoms with van der Waals surface area (Å²) in [4.78, 5) is 11.5. The highest BCUT2D eigenvalue weighted by atomic mass is 19.1.